The van der Waals surface area contributed by atoms with E-state index in [9.17, 15) is 9.59 Å². The van der Waals surface area contributed by atoms with E-state index in [2.05, 4.69) is 6.92 Å². The molecule has 2 nitrogen and oxygen atoms in total. The predicted octanol–water partition coefficient (Wildman–Crippen LogP) is 3.14. The van der Waals surface area contributed by atoms with Crippen LogP contribution >= 0.6 is 0 Å². The molecule has 0 fully saturated rings. The third kappa shape index (κ3) is 34.7. The summed E-state index contributed by atoms with van der Waals surface area (Å²) in [5.41, 5.74) is 0. The normalized spacial score (nSPS) is 8.62. The zero-order valence-corrected chi connectivity index (χ0v) is 9.35. The van der Waals surface area contributed by atoms with Gasteiger partial charge in [0.2, 0.25) is 0 Å². The van der Waals surface area contributed by atoms with Crippen molar-refractivity contribution in [3.63, 3.8) is 0 Å². The minimum absolute atomic E-state index is 0.167. The molecule has 0 spiro atoms. The molecular formula is C11H22O2. The minimum Gasteiger partial charge on any atom is -0.300 e. The molecule has 0 aliphatic carbocycles. The average molecular weight is 186 g/mol. The molecule has 0 heterocycles. The van der Waals surface area contributed by atoms with Crippen LogP contribution in [0.5, 0.6) is 0 Å². The molecular weight excluding hydrogens is 164 g/mol. The Morgan fingerprint density at radius 1 is 0.923 bits per heavy atom. The molecule has 0 aromatic rings. The van der Waals surface area contributed by atoms with Crippen molar-refractivity contribution in [3.05, 3.63) is 0 Å². The molecule has 0 aliphatic rings. The fourth-order valence-corrected chi connectivity index (χ4v) is 0.801. The fraction of sp³-hybridized carbons (Fsp3) is 0.818. The molecule has 0 N–H and O–H groups in total. The van der Waals surface area contributed by atoms with E-state index in [-0.39, 0.29) is 5.78 Å². The Labute approximate surface area is 81.7 Å². The first-order chi connectivity index (χ1) is 6.00. The van der Waals surface area contributed by atoms with Crippen LogP contribution in [0.3, 0.4) is 0 Å². The molecule has 0 radical (unpaired) electrons. The van der Waals surface area contributed by atoms with Gasteiger partial charge in [-0.25, -0.2) is 0 Å². The highest BCUT2D eigenvalue weighted by Gasteiger charge is 1.91. The molecule has 2 heteroatoms. The number of ketones is 2. The maximum absolute atomic E-state index is 10.4. The summed E-state index contributed by atoms with van der Waals surface area (Å²) in [4.78, 5) is 19.9. The summed E-state index contributed by atoms with van der Waals surface area (Å²) in [5, 5.41) is 0. The van der Waals surface area contributed by atoms with E-state index >= 15 is 0 Å². The van der Waals surface area contributed by atoms with Gasteiger partial charge in [-0.2, -0.15) is 0 Å². The average Bonchev–Trinajstić information content (AvgIpc) is 1.97. The largest absolute Gasteiger partial charge is 0.300 e. The molecule has 0 amide bonds. The van der Waals surface area contributed by atoms with Crippen molar-refractivity contribution >= 4 is 11.6 Å². The minimum atomic E-state index is 0.167. The zero-order valence-electron chi connectivity index (χ0n) is 9.35. The van der Waals surface area contributed by atoms with Gasteiger partial charge in [0.25, 0.3) is 0 Å². The zero-order chi connectivity index (χ0) is 10.7. The quantitative estimate of drug-likeness (QED) is 0.618. The lowest BCUT2D eigenvalue weighted by atomic mass is 10.1. The third-order valence-electron chi connectivity index (χ3n) is 1.38. The van der Waals surface area contributed by atoms with Crippen LogP contribution in [0, 0.1) is 0 Å². The standard InChI is InChI=1S/C8H16O.C3H6O/c1-3-4-5-6-7-8(2)9;1-3(2)4/h3-7H2,1-2H3;1-2H3. The topological polar surface area (TPSA) is 34.1 Å². The summed E-state index contributed by atoms with van der Waals surface area (Å²) >= 11 is 0. The van der Waals surface area contributed by atoms with Gasteiger partial charge >= 0.3 is 0 Å². The molecule has 0 aromatic carbocycles. The lowest BCUT2D eigenvalue weighted by Crippen LogP contribution is -1.88. The van der Waals surface area contributed by atoms with E-state index in [1.807, 2.05) is 0 Å². The van der Waals surface area contributed by atoms with E-state index in [4.69, 9.17) is 0 Å². The maximum Gasteiger partial charge on any atom is 0.129 e. The van der Waals surface area contributed by atoms with Gasteiger partial charge in [0.1, 0.15) is 11.6 Å². The summed E-state index contributed by atoms with van der Waals surface area (Å²) in [7, 11) is 0. The van der Waals surface area contributed by atoms with Gasteiger partial charge in [-0.3, -0.25) is 0 Å². The highest BCUT2D eigenvalue weighted by molar-refractivity contribution is 5.75. The van der Waals surface area contributed by atoms with Crippen molar-refractivity contribution in [2.45, 2.75) is 59.8 Å². The van der Waals surface area contributed by atoms with Crippen LogP contribution in [0.25, 0.3) is 0 Å². The second kappa shape index (κ2) is 11.3. The number of carbonyl (C=O) groups excluding carboxylic acids is 2. The molecule has 0 bridgehead atoms. The van der Waals surface area contributed by atoms with Crippen LogP contribution in [0.1, 0.15) is 59.8 Å². The fourth-order valence-electron chi connectivity index (χ4n) is 0.801. The number of hydrogen-bond acceptors (Lipinski definition) is 2. The first-order valence-electron chi connectivity index (χ1n) is 4.97. The van der Waals surface area contributed by atoms with Crippen LogP contribution in [-0.2, 0) is 9.59 Å². The molecule has 13 heavy (non-hydrogen) atoms. The Hall–Kier alpha value is -0.660. The molecule has 0 aliphatic heterocycles. The Bertz CT molecular complexity index is 135. The molecule has 0 aromatic heterocycles. The first kappa shape index (κ1) is 14.8. The monoisotopic (exact) mass is 186 g/mol. The van der Waals surface area contributed by atoms with E-state index < -0.39 is 0 Å². The number of unbranched alkanes of at least 4 members (excludes halogenated alkanes) is 3. The Morgan fingerprint density at radius 2 is 1.38 bits per heavy atom. The Morgan fingerprint density at radius 3 is 1.69 bits per heavy atom. The molecule has 0 atom stereocenters. The van der Waals surface area contributed by atoms with Gasteiger partial charge in [0.15, 0.2) is 0 Å². The van der Waals surface area contributed by atoms with Crippen molar-refractivity contribution in [1.29, 1.82) is 0 Å². The van der Waals surface area contributed by atoms with Gasteiger partial charge in [0, 0.05) is 6.42 Å². The lowest BCUT2D eigenvalue weighted by Gasteiger charge is -1.93. The van der Waals surface area contributed by atoms with Gasteiger partial charge in [-0.05, 0) is 27.2 Å². The van der Waals surface area contributed by atoms with E-state index in [0.29, 0.717) is 5.78 Å². The summed E-state index contributed by atoms with van der Waals surface area (Å²) < 4.78 is 0. The smallest absolute Gasteiger partial charge is 0.129 e. The van der Waals surface area contributed by atoms with Crippen molar-refractivity contribution in [1.82, 2.24) is 0 Å². The van der Waals surface area contributed by atoms with Crippen LogP contribution in [0.15, 0.2) is 0 Å². The second-order valence-corrected chi connectivity index (χ2v) is 3.42. The Balaban J connectivity index is 0. The molecule has 0 saturated heterocycles. The summed E-state index contributed by atoms with van der Waals surface area (Å²) in [6.07, 6.45) is 5.60. The lowest BCUT2D eigenvalue weighted by molar-refractivity contribution is -0.117. The van der Waals surface area contributed by atoms with E-state index in [1.165, 1.54) is 33.1 Å². The second-order valence-electron chi connectivity index (χ2n) is 3.42. The summed E-state index contributed by atoms with van der Waals surface area (Å²) in [5.74, 6) is 0.492. The summed E-state index contributed by atoms with van der Waals surface area (Å²) in [6, 6.07) is 0. The molecule has 0 saturated carbocycles. The van der Waals surface area contributed by atoms with Crippen molar-refractivity contribution in [2.75, 3.05) is 0 Å². The summed E-state index contributed by atoms with van der Waals surface area (Å²) in [6.45, 7) is 6.89. The number of Topliss-reactive ketones (excluding diaryl/α,β-unsaturated/α-hetero) is 2. The molecule has 0 unspecified atom stereocenters. The van der Waals surface area contributed by atoms with Crippen LogP contribution in [0.4, 0.5) is 0 Å². The van der Waals surface area contributed by atoms with E-state index in [0.717, 1.165) is 12.8 Å². The number of carbonyl (C=O) groups is 2. The maximum atomic E-state index is 10.4. The highest BCUT2D eigenvalue weighted by Crippen LogP contribution is 2.01. The van der Waals surface area contributed by atoms with Gasteiger partial charge in [-0.1, -0.05) is 26.2 Å². The predicted molar refractivity (Wildman–Crippen MR) is 55.8 cm³/mol. The molecule has 78 valence electrons. The van der Waals surface area contributed by atoms with Crippen molar-refractivity contribution in [2.24, 2.45) is 0 Å². The van der Waals surface area contributed by atoms with Crippen molar-refractivity contribution in [3.8, 4) is 0 Å². The Kier molecular flexibility index (Phi) is 12.9. The molecule has 0 rings (SSSR count). The third-order valence-corrected chi connectivity index (χ3v) is 1.38. The van der Waals surface area contributed by atoms with Gasteiger partial charge < -0.3 is 9.59 Å². The van der Waals surface area contributed by atoms with Gasteiger partial charge in [-0.15, -0.1) is 0 Å². The van der Waals surface area contributed by atoms with Crippen LogP contribution in [-0.4, -0.2) is 11.6 Å². The number of hydrogen-bond donors (Lipinski definition) is 0. The van der Waals surface area contributed by atoms with E-state index in [1.54, 1.807) is 6.92 Å². The number of rotatable bonds is 5. The van der Waals surface area contributed by atoms with Crippen LogP contribution < -0.4 is 0 Å². The van der Waals surface area contributed by atoms with Crippen LogP contribution in [0.2, 0.25) is 0 Å². The SMILES string of the molecule is CC(C)=O.CCCCCCC(C)=O. The van der Waals surface area contributed by atoms with Crippen molar-refractivity contribution < 1.29 is 9.59 Å². The highest BCUT2D eigenvalue weighted by atomic mass is 16.1. The first-order valence-corrected chi connectivity index (χ1v) is 4.97. The van der Waals surface area contributed by atoms with Gasteiger partial charge in [0.05, 0.1) is 0 Å².